The second-order valence-electron chi connectivity index (χ2n) is 4.26. The maximum absolute atomic E-state index is 12.0. The molecule has 1 aromatic carbocycles. The van der Waals surface area contributed by atoms with Crippen LogP contribution in [0.5, 0.6) is 0 Å². The van der Waals surface area contributed by atoms with Gasteiger partial charge in [-0.3, -0.25) is 9.69 Å². The lowest BCUT2D eigenvalue weighted by Crippen LogP contribution is -2.25. The lowest BCUT2D eigenvalue weighted by atomic mass is 10.1. The minimum atomic E-state index is 0.0437. The fraction of sp³-hybridized carbons (Fsp3) is 0.214. The highest BCUT2D eigenvalue weighted by atomic mass is 32.1. The predicted octanol–water partition coefficient (Wildman–Crippen LogP) is 2.33. The Morgan fingerprint density at radius 2 is 2.16 bits per heavy atom. The zero-order valence-electron chi connectivity index (χ0n) is 10.5. The number of carbonyl (C=O) groups is 1. The first kappa shape index (κ1) is 13.4. The van der Waals surface area contributed by atoms with Gasteiger partial charge in [-0.05, 0) is 19.2 Å². The van der Waals surface area contributed by atoms with Crippen LogP contribution in [-0.2, 0) is 6.54 Å². The fourth-order valence-corrected chi connectivity index (χ4v) is 2.26. The summed E-state index contributed by atoms with van der Waals surface area (Å²) in [7, 11) is 1.89. The monoisotopic (exact) mass is 271 g/mol. The highest BCUT2D eigenvalue weighted by Gasteiger charge is 2.10. The van der Waals surface area contributed by atoms with Crippen LogP contribution in [0.15, 0.2) is 35.2 Å². The SMILES string of the molecule is CN(CC(=O)c1ccc(C#N)cc1)Cc1cscn1. The number of Topliss-reactive ketones (excluding diaryl/α,β-unsaturated/α-hetero) is 1. The van der Waals surface area contributed by atoms with Gasteiger partial charge >= 0.3 is 0 Å². The number of hydrogen-bond acceptors (Lipinski definition) is 5. The van der Waals surface area contributed by atoms with E-state index in [0.717, 1.165) is 5.69 Å². The topological polar surface area (TPSA) is 57.0 Å². The van der Waals surface area contributed by atoms with Gasteiger partial charge in [0.1, 0.15) is 0 Å². The van der Waals surface area contributed by atoms with Crippen LogP contribution in [-0.4, -0.2) is 29.3 Å². The summed E-state index contributed by atoms with van der Waals surface area (Å²) in [6.45, 7) is 0.995. The summed E-state index contributed by atoms with van der Waals surface area (Å²) < 4.78 is 0. The van der Waals surface area contributed by atoms with E-state index in [9.17, 15) is 4.79 Å². The Bertz CT molecular complexity index is 584. The van der Waals surface area contributed by atoms with E-state index < -0.39 is 0 Å². The van der Waals surface area contributed by atoms with E-state index in [1.165, 1.54) is 0 Å². The van der Waals surface area contributed by atoms with Crippen LogP contribution in [0.25, 0.3) is 0 Å². The molecule has 0 aliphatic carbocycles. The molecule has 0 aliphatic rings. The quantitative estimate of drug-likeness (QED) is 0.783. The van der Waals surface area contributed by atoms with Crippen LogP contribution in [0.4, 0.5) is 0 Å². The van der Waals surface area contributed by atoms with Gasteiger partial charge in [-0.2, -0.15) is 5.26 Å². The van der Waals surface area contributed by atoms with Gasteiger partial charge in [0.25, 0.3) is 0 Å². The van der Waals surface area contributed by atoms with Crippen molar-refractivity contribution in [3.63, 3.8) is 0 Å². The molecule has 0 saturated carbocycles. The predicted molar refractivity (Wildman–Crippen MR) is 73.9 cm³/mol. The van der Waals surface area contributed by atoms with Crippen molar-refractivity contribution in [2.75, 3.05) is 13.6 Å². The zero-order valence-corrected chi connectivity index (χ0v) is 11.4. The third-order valence-corrected chi connectivity index (χ3v) is 3.30. The standard InChI is InChI=1S/C14H13N3OS/c1-17(7-13-9-19-10-16-13)8-14(18)12-4-2-11(6-15)3-5-12/h2-5,9-10H,7-8H2,1H3. The maximum atomic E-state index is 12.0. The summed E-state index contributed by atoms with van der Waals surface area (Å²) in [5.74, 6) is 0.0437. The summed E-state index contributed by atoms with van der Waals surface area (Å²) in [5, 5.41) is 10.7. The number of hydrogen-bond donors (Lipinski definition) is 0. The number of aromatic nitrogens is 1. The first-order valence-corrected chi connectivity index (χ1v) is 6.72. The molecule has 0 radical (unpaired) electrons. The molecule has 19 heavy (non-hydrogen) atoms. The number of nitriles is 1. The van der Waals surface area contributed by atoms with E-state index in [4.69, 9.17) is 5.26 Å². The minimum Gasteiger partial charge on any atom is -0.293 e. The van der Waals surface area contributed by atoms with Gasteiger partial charge < -0.3 is 0 Å². The molecule has 0 N–H and O–H groups in total. The summed E-state index contributed by atoms with van der Waals surface area (Å²) in [5.41, 5.74) is 3.95. The molecular formula is C14H13N3OS. The van der Waals surface area contributed by atoms with Crippen LogP contribution in [0.2, 0.25) is 0 Å². The van der Waals surface area contributed by atoms with E-state index in [1.54, 1.807) is 41.1 Å². The molecule has 0 saturated heterocycles. The van der Waals surface area contributed by atoms with E-state index >= 15 is 0 Å². The van der Waals surface area contributed by atoms with Crippen LogP contribution in [0.1, 0.15) is 21.6 Å². The van der Waals surface area contributed by atoms with Crippen molar-refractivity contribution in [1.82, 2.24) is 9.88 Å². The van der Waals surface area contributed by atoms with Gasteiger partial charge in [0.15, 0.2) is 5.78 Å². The van der Waals surface area contributed by atoms with Crippen LogP contribution >= 0.6 is 11.3 Å². The number of nitrogens with zero attached hydrogens (tertiary/aromatic N) is 3. The van der Waals surface area contributed by atoms with Crippen molar-refractivity contribution in [2.45, 2.75) is 6.54 Å². The lowest BCUT2D eigenvalue weighted by molar-refractivity contribution is 0.0942. The number of ketones is 1. The lowest BCUT2D eigenvalue weighted by Gasteiger charge is -2.14. The van der Waals surface area contributed by atoms with Crippen molar-refractivity contribution in [1.29, 1.82) is 5.26 Å². The Morgan fingerprint density at radius 3 is 2.74 bits per heavy atom. The van der Waals surface area contributed by atoms with Gasteiger partial charge in [-0.15, -0.1) is 11.3 Å². The highest BCUT2D eigenvalue weighted by molar-refractivity contribution is 7.07. The third kappa shape index (κ3) is 3.71. The second-order valence-corrected chi connectivity index (χ2v) is 4.98. The number of benzene rings is 1. The molecule has 0 fully saturated rings. The fourth-order valence-electron chi connectivity index (χ4n) is 1.72. The minimum absolute atomic E-state index is 0.0437. The molecular weight excluding hydrogens is 258 g/mol. The average molecular weight is 271 g/mol. The van der Waals surface area contributed by atoms with Crippen LogP contribution in [0.3, 0.4) is 0 Å². The Kier molecular flexibility index (Phi) is 4.39. The van der Waals surface area contributed by atoms with Gasteiger partial charge in [0.2, 0.25) is 0 Å². The number of thiazole rings is 1. The normalized spacial score (nSPS) is 10.4. The number of likely N-dealkylation sites (N-methyl/N-ethyl adjacent to an activating group) is 1. The number of carbonyl (C=O) groups excluding carboxylic acids is 1. The molecule has 96 valence electrons. The van der Waals surface area contributed by atoms with Gasteiger partial charge in [0, 0.05) is 17.5 Å². The average Bonchev–Trinajstić information content (AvgIpc) is 2.91. The van der Waals surface area contributed by atoms with E-state index in [2.05, 4.69) is 4.98 Å². The molecule has 2 rings (SSSR count). The molecule has 5 heteroatoms. The van der Waals surface area contributed by atoms with Crippen molar-refractivity contribution in [3.8, 4) is 6.07 Å². The highest BCUT2D eigenvalue weighted by Crippen LogP contribution is 2.07. The Labute approximate surface area is 115 Å². The van der Waals surface area contributed by atoms with Gasteiger partial charge in [-0.25, -0.2) is 4.98 Å². The summed E-state index contributed by atoms with van der Waals surface area (Å²) in [6, 6.07) is 8.74. The van der Waals surface area contributed by atoms with Crippen molar-refractivity contribution in [3.05, 3.63) is 52.0 Å². The summed E-state index contributed by atoms with van der Waals surface area (Å²) >= 11 is 1.55. The van der Waals surface area contributed by atoms with E-state index in [-0.39, 0.29) is 5.78 Å². The van der Waals surface area contributed by atoms with Gasteiger partial charge in [-0.1, -0.05) is 12.1 Å². The van der Waals surface area contributed by atoms with Crippen molar-refractivity contribution < 1.29 is 4.79 Å². The largest absolute Gasteiger partial charge is 0.293 e. The Balaban J connectivity index is 1.94. The van der Waals surface area contributed by atoms with Crippen LogP contribution in [0, 0.1) is 11.3 Å². The molecule has 1 aromatic heterocycles. The molecule has 2 aromatic rings. The smallest absolute Gasteiger partial charge is 0.176 e. The first-order chi connectivity index (χ1) is 9.19. The molecule has 0 bridgehead atoms. The zero-order chi connectivity index (χ0) is 13.7. The second kappa shape index (κ2) is 6.23. The van der Waals surface area contributed by atoms with Crippen LogP contribution < -0.4 is 0 Å². The number of rotatable bonds is 5. The Morgan fingerprint density at radius 1 is 1.42 bits per heavy atom. The third-order valence-electron chi connectivity index (χ3n) is 2.66. The van der Waals surface area contributed by atoms with Gasteiger partial charge in [0.05, 0.1) is 29.4 Å². The van der Waals surface area contributed by atoms with E-state index in [1.807, 2.05) is 23.4 Å². The first-order valence-electron chi connectivity index (χ1n) is 5.78. The van der Waals surface area contributed by atoms with Crippen molar-refractivity contribution in [2.24, 2.45) is 0 Å². The van der Waals surface area contributed by atoms with Crippen molar-refractivity contribution >= 4 is 17.1 Å². The molecule has 0 spiro atoms. The van der Waals surface area contributed by atoms with E-state index in [0.29, 0.717) is 24.2 Å². The molecule has 1 heterocycles. The molecule has 0 atom stereocenters. The summed E-state index contributed by atoms with van der Waals surface area (Å²) in [6.07, 6.45) is 0. The molecule has 0 amide bonds. The molecule has 4 nitrogen and oxygen atoms in total. The molecule has 0 unspecified atom stereocenters. The maximum Gasteiger partial charge on any atom is 0.176 e. The summed E-state index contributed by atoms with van der Waals surface area (Å²) in [4.78, 5) is 18.2. The Hall–Kier alpha value is -2.03. The molecule has 0 aliphatic heterocycles.